The summed E-state index contributed by atoms with van der Waals surface area (Å²) in [5.74, 6) is -0.109. The number of carbonyl (C=O) groups excluding carboxylic acids is 2. The molecule has 1 aliphatic rings. The molecule has 162 valence electrons. The van der Waals surface area contributed by atoms with Crippen LogP contribution in [0.15, 0.2) is 35.3 Å². The fourth-order valence-corrected chi connectivity index (χ4v) is 3.76. The Morgan fingerprint density at radius 3 is 2.50 bits per heavy atom. The molecule has 2 N–H and O–H groups in total. The molecule has 1 fully saturated rings. The van der Waals surface area contributed by atoms with E-state index < -0.39 is 11.7 Å². The fraction of sp³-hybridized carbons (Fsp3) is 0.545. The van der Waals surface area contributed by atoms with E-state index in [9.17, 15) is 14.4 Å². The van der Waals surface area contributed by atoms with Crippen LogP contribution in [0, 0.1) is 0 Å². The van der Waals surface area contributed by atoms with Crippen molar-refractivity contribution in [1.29, 1.82) is 0 Å². The Labute approximate surface area is 176 Å². The Morgan fingerprint density at radius 2 is 1.80 bits per heavy atom. The van der Waals surface area contributed by atoms with Crippen molar-refractivity contribution in [3.8, 4) is 0 Å². The number of alkyl carbamates (subject to hydrolysis) is 1. The van der Waals surface area contributed by atoms with Gasteiger partial charge in [-0.3, -0.25) is 14.3 Å². The van der Waals surface area contributed by atoms with Crippen LogP contribution >= 0.6 is 0 Å². The monoisotopic (exact) mass is 414 g/mol. The minimum atomic E-state index is -0.565. The third kappa shape index (κ3) is 5.81. The number of amides is 2. The topological polar surface area (TPSA) is 102 Å². The highest BCUT2D eigenvalue weighted by Gasteiger charge is 2.29. The van der Waals surface area contributed by atoms with Crippen molar-refractivity contribution in [2.75, 3.05) is 0 Å². The van der Waals surface area contributed by atoms with Crippen LogP contribution in [0.5, 0.6) is 0 Å². The normalized spacial score (nSPS) is 19.3. The smallest absolute Gasteiger partial charge is 0.407 e. The first-order chi connectivity index (χ1) is 14.2. The molecule has 1 aliphatic carbocycles. The van der Waals surface area contributed by atoms with Gasteiger partial charge in [-0.25, -0.2) is 4.79 Å². The summed E-state index contributed by atoms with van der Waals surface area (Å²) >= 11 is 0. The molecule has 2 amide bonds. The standard InChI is InChI=1S/C22H30N4O4/c1-22(2,3)30-21(29)25-17-10-6-5-9-16(17)24-20(28)12-13-26-18-11-7-4-8-15(18)19(27)14-23-26/h4,7-8,11,14,16-17H,5-6,9-10,12-13H2,1-3H3,(H,24,28)(H,25,29)/t16-,17+/m0/s1. The van der Waals surface area contributed by atoms with Crippen LogP contribution in [0.2, 0.25) is 0 Å². The minimum Gasteiger partial charge on any atom is -0.444 e. The second-order valence-corrected chi connectivity index (χ2v) is 8.71. The number of para-hydroxylation sites is 1. The second kappa shape index (κ2) is 9.28. The average molecular weight is 415 g/mol. The molecule has 0 saturated heterocycles. The molecule has 3 rings (SSSR count). The van der Waals surface area contributed by atoms with Crippen molar-refractivity contribution in [3.63, 3.8) is 0 Å². The zero-order chi connectivity index (χ0) is 21.7. The van der Waals surface area contributed by atoms with Crippen LogP contribution in [0.1, 0.15) is 52.9 Å². The summed E-state index contributed by atoms with van der Waals surface area (Å²) in [7, 11) is 0. The van der Waals surface area contributed by atoms with E-state index in [2.05, 4.69) is 15.7 Å². The van der Waals surface area contributed by atoms with Crippen molar-refractivity contribution >= 4 is 22.9 Å². The minimum absolute atomic E-state index is 0.109. The van der Waals surface area contributed by atoms with Crippen molar-refractivity contribution in [3.05, 3.63) is 40.7 Å². The summed E-state index contributed by atoms with van der Waals surface area (Å²) in [6.45, 7) is 5.83. The fourth-order valence-electron chi connectivity index (χ4n) is 3.76. The average Bonchev–Trinajstić information content (AvgIpc) is 2.68. The number of aromatic nitrogens is 2. The van der Waals surface area contributed by atoms with Crippen molar-refractivity contribution in [2.24, 2.45) is 0 Å². The Balaban J connectivity index is 1.59. The zero-order valence-corrected chi connectivity index (χ0v) is 17.8. The summed E-state index contributed by atoms with van der Waals surface area (Å²) in [5.41, 5.74) is 0.00826. The number of fused-ring (bicyclic) bond motifs is 1. The van der Waals surface area contributed by atoms with Gasteiger partial charge >= 0.3 is 6.09 Å². The first-order valence-electron chi connectivity index (χ1n) is 10.5. The van der Waals surface area contributed by atoms with Crippen molar-refractivity contribution < 1.29 is 14.3 Å². The van der Waals surface area contributed by atoms with Gasteiger partial charge in [0.1, 0.15) is 5.60 Å². The molecule has 0 radical (unpaired) electrons. The molecule has 1 heterocycles. The van der Waals surface area contributed by atoms with Crippen LogP contribution in [0.25, 0.3) is 10.9 Å². The van der Waals surface area contributed by atoms with Gasteiger partial charge in [-0.2, -0.15) is 5.10 Å². The number of carbonyl (C=O) groups is 2. The van der Waals surface area contributed by atoms with Crippen LogP contribution in [-0.4, -0.2) is 39.5 Å². The van der Waals surface area contributed by atoms with Gasteiger partial charge in [0.15, 0.2) is 0 Å². The highest BCUT2D eigenvalue weighted by molar-refractivity contribution is 5.79. The number of aryl methyl sites for hydroxylation is 1. The first-order valence-corrected chi connectivity index (χ1v) is 10.5. The molecule has 30 heavy (non-hydrogen) atoms. The summed E-state index contributed by atoms with van der Waals surface area (Å²) < 4.78 is 7.02. The molecular formula is C22H30N4O4. The predicted octanol–water partition coefficient (Wildman–Crippen LogP) is 2.74. The number of nitrogens with zero attached hydrogens (tertiary/aromatic N) is 2. The van der Waals surface area contributed by atoms with E-state index in [1.807, 2.05) is 39.0 Å². The number of ether oxygens (including phenoxy) is 1. The lowest BCUT2D eigenvalue weighted by atomic mass is 9.90. The number of hydrogen-bond donors (Lipinski definition) is 2. The van der Waals surface area contributed by atoms with Crippen LogP contribution in [-0.2, 0) is 16.1 Å². The van der Waals surface area contributed by atoms with E-state index in [0.29, 0.717) is 17.4 Å². The van der Waals surface area contributed by atoms with Gasteiger partial charge in [0.2, 0.25) is 11.3 Å². The number of benzene rings is 1. The lowest BCUT2D eigenvalue weighted by Gasteiger charge is -2.33. The molecule has 1 aromatic carbocycles. The van der Waals surface area contributed by atoms with Crippen LogP contribution in [0.3, 0.4) is 0 Å². The van der Waals surface area contributed by atoms with Gasteiger partial charge in [0.25, 0.3) is 0 Å². The number of rotatable bonds is 5. The van der Waals surface area contributed by atoms with E-state index in [0.717, 1.165) is 25.7 Å². The summed E-state index contributed by atoms with van der Waals surface area (Å²) in [6, 6.07) is 6.95. The molecule has 1 aromatic heterocycles. The molecule has 0 aliphatic heterocycles. The SMILES string of the molecule is CC(C)(C)OC(=O)N[C@@H]1CCCC[C@@H]1NC(=O)CCn1ncc(=O)c2ccccc21. The maximum atomic E-state index is 12.6. The lowest BCUT2D eigenvalue weighted by molar-refractivity contribution is -0.122. The highest BCUT2D eigenvalue weighted by Crippen LogP contribution is 2.20. The van der Waals surface area contributed by atoms with Gasteiger partial charge in [0, 0.05) is 17.8 Å². The summed E-state index contributed by atoms with van der Waals surface area (Å²) in [4.78, 5) is 36.7. The second-order valence-electron chi connectivity index (χ2n) is 8.71. The molecule has 0 unspecified atom stereocenters. The van der Waals surface area contributed by atoms with Crippen molar-refractivity contribution in [2.45, 2.75) is 77.1 Å². The van der Waals surface area contributed by atoms with Crippen molar-refractivity contribution in [1.82, 2.24) is 20.4 Å². The highest BCUT2D eigenvalue weighted by atomic mass is 16.6. The molecule has 2 atom stereocenters. The molecule has 1 saturated carbocycles. The van der Waals surface area contributed by atoms with E-state index in [1.54, 1.807) is 10.7 Å². The Bertz CT molecular complexity index is 963. The predicted molar refractivity (Wildman–Crippen MR) is 114 cm³/mol. The van der Waals surface area contributed by atoms with E-state index in [4.69, 9.17) is 4.74 Å². The maximum absolute atomic E-state index is 12.6. The quantitative estimate of drug-likeness (QED) is 0.783. The first kappa shape index (κ1) is 21.8. The third-order valence-corrected chi connectivity index (χ3v) is 5.13. The van der Waals surface area contributed by atoms with Gasteiger partial charge < -0.3 is 15.4 Å². The third-order valence-electron chi connectivity index (χ3n) is 5.13. The van der Waals surface area contributed by atoms with Gasteiger partial charge in [0.05, 0.1) is 24.3 Å². The van der Waals surface area contributed by atoms with E-state index in [-0.39, 0.29) is 29.8 Å². The number of hydrogen-bond acceptors (Lipinski definition) is 5. The van der Waals surface area contributed by atoms with Gasteiger partial charge in [-0.1, -0.05) is 25.0 Å². The molecule has 0 spiro atoms. The molecule has 8 heteroatoms. The Kier molecular flexibility index (Phi) is 6.74. The Hall–Kier alpha value is -2.90. The lowest BCUT2D eigenvalue weighted by Crippen LogP contribution is -2.54. The van der Waals surface area contributed by atoms with Gasteiger partial charge in [-0.05, 0) is 45.7 Å². The number of nitrogens with one attached hydrogen (secondary N) is 2. The maximum Gasteiger partial charge on any atom is 0.407 e. The largest absolute Gasteiger partial charge is 0.444 e. The van der Waals surface area contributed by atoms with Crippen LogP contribution in [0.4, 0.5) is 4.79 Å². The molecule has 2 aromatic rings. The molecule has 8 nitrogen and oxygen atoms in total. The summed E-state index contributed by atoms with van der Waals surface area (Å²) in [5, 5.41) is 10.7. The Morgan fingerprint density at radius 1 is 1.13 bits per heavy atom. The van der Waals surface area contributed by atoms with E-state index in [1.165, 1.54) is 6.20 Å². The summed E-state index contributed by atoms with van der Waals surface area (Å²) in [6.07, 6.45) is 4.67. The van der Waals surface area contributed by atoms with Gasteiger partial charge in [-0.15, -0.1) is 0 Å². The molecular weight excluding hydrogens is 384 g/mol. The van der Waals surface area contributed by atoms with Crippen LogP contribution < -0.4 is 16.1 Å². The zero-order valence-electron chi connectivity index (χ0n) is 17.8. The molecule has 0 bridgehead atoms. The van der Waals surface area contributed by atoms with E-state index >= 15 is 0 Å².